The highest BCUT2D eigenvalue weighted by atomic mass is 16.5. The highest BCUT2D eigenvalue weighted by Gasteiger charge is 2.02. The Balaban J connectivity index is 2.84. The summed E-state index contributed by atoms with van der Waals surface area (Å²) in [6.45, 7) is 4.03. The molecule has 0 aliphatic carbocycles. The second-order valence-corrected chi connectivity index (χ2v) is 3.76. The molecule has 0 fully saturated rings. The Labute approximate surface area is 96.1 Å². The van der Waals surface area contributed by atoms with Gasteiger partial charge in [0.1, 0.15) is 5.75 Å². The number of rotatable bonds is 4. The minimum atomic E-state index is 0.630. The minimum absolute atomic E-state index is 0.630. The van der Waals surface area contributed by atoms with E-state index in [1.807, 2.05) is 44.2 Å². The number of hydrogen-bond donors (Lipinski definition) is 1. The van der Waals surface area contributed by atoms with E-state index in [4.69, 9.17) is 9.94 Å². The SMILES string of the molecule is COc1ccc(/C(CC=C(C)C)=N\O)cc1. The summed E-state index contributed by atoms with van der Waals surface area (Å²) in [5.41, 5.74) is 2.76. The van der Waals surface area contributed by atoms with E-state index in [2.05, 4.69) is 5.16 Å². The van der Waals surface area contributed by atoms with Crippen LogP contribution >= 0.6 is 0 Å². The Morgan fingerprint density at radius 3 is 2.38 bits per heavy atom. The normalized spacial score (nSPS) is 11.1. The summed E-state index contributed by atoms with van der Waals surface area (Å²) in [5.74, 6) is 0.795. The first-order valence-electron chi connectivity index (χ1n) is 5.16. The molecule has 0 aliphatic heterocycles. The maximum absolute atomic E-state index is 8.95. The van der Waals surface area contributed by atoms with Crippen LogP contribution in [0.15, 0.2) is 41.1 Å². The number of hydrogen-bond acceptors (Lipinski definition) is 3. The van der Waals surface area contributed by atoms with Gasteiger partial charge in [-0.15, -0.1) is 0 Å². The molecule has 0 saturated heterocycles. The van der Waals surface area contributed by atoms with E-state index in [-0.39, 0.29) is 0 Å². The first kappa shape index (κ1) is 12.3. The van der Waals surface area contributed by atoms with Gasteiger partial charge in [-0.2, -0.15) is 0 Å². The number of methoxy groups -OCH3 is 1. The highest BCUT2D eigenvalue weighted by molar-refractivity contribution is 6.01. The topological polar surface area (TPSA) is 41.8 Å². The lowest BCUT2D eigenvalue weighted by Crippen LogP contribution is -1.99. The van der Waals surface area contributed by atoms with Crippen LogP contribution in [0.5, 0.6) is 5.75 Å². The molecule has 0 aliphatic rings. The van der Waals surface area contributed by atoms with Gasteiger partial charge in [0, 0.05) is 6.42 Å². The Kier molecular flexibility index (Phi) is 4.58. The molecule has 0 spiro atoms. The van der Waals surface area contributed by atoms with Crippen molar-refractivity contribution in [2.75, 3.05) is 7.11 Å². The van der Waals surface area contributed by atoms with Crippen molar-refractivity contribution in [3.05, 3.63) is 41.5 Å². The predicted octanol–water partition coefficient (Wildman–Crippen LogP) is 3.23. The summed E-state index contributed by atoms with van der Waals surface area (Å²) < 4.78 is 5.07. The van der Waals surface area contributed by atoms with E-state index in [0.717, 1.165) is 11.3 Å². The van der Waals surface area contributed by atoms with Gasteiger partial charge in [0.15, 0.2) is 0 Å². The van der Waals surface area contributed by atoms with Crippen LogP contribution in [0.2, 0.25) is 0 Å². The van der Waals surface area contributed by atoms with Crippen molar-refractivity contribution in [2.45, 2.75) is 20.3 Å². The van der Waals surface area contributed by atoms with Gasteiger partial charge in [0.05, 0.1) is 12.8 Å². The third-order valence-electron chi connectivity index (χ3n) is 2.25. The molecule has 3 nitrogen and oxygen atoms in total. The van der Waals surface area contributed by atoms with Crippen LogP contribution in [0.4, 0.5) is 0 Å². The molecular weight excluding hydrogens is 202 g/mol. The van der Waals surface area contributed by atoms with Gasteiger partial charge in [-0.25, -0.2) is 0 Å². The summed E-state index contributed by atoms with van der Waals surface area (Å²) in [7, 11) is 1.62. The van der Waals surface area contributed by atoms with Crippen molar-refractivity contribution < 1.29 is 9.94 Å². The molecule has 1 rings (SSSR count). The summed E-state index contributed by atoms with van der Waals surface area (Å²) in [6, 6.07) is 7.46. The Morgan fingerprint density at radius 1 is 1.31 bits per heavy atom. The molecule has 0 saturated carbocycles. The van der Waals surface area contributed by atoms with Crippen LogP contribution in [-0.2, 0) is 0 Å². The van der Waals surface area contributed by atoms with Crippen molar-refractivity contribution in [1.82, 2.24) is 0 Å². The van der Waals surface area contributed by atoms with Crippen molar-refractivity contribution in [3.8, 4) is 5.75 Å². The van der Waals surface area contributed by atoms with Gasteiger partial charge in [-0.05, 0) is 43.7 Å². The van der Waals surface area contributed by atoms with Crippen LogP contribution in [0.3, 0.4) is 0 Å². The van der Waals surface area contributed by atoms with Crippen LogP contribution < -0.4 is 4.74 Å². The molecule has 0 aromatic heterocycles. The number of oxime groups is 1. The fourth-order valence-electron chi connectivity index (χ4n) is 1.30. The molecule has 1 N–H and O–H groups in total. The van der Waals surface area contributed by atoms with Crippen molar-refractivity contribution in [1.29, 1.82) is 0 Å². The largest absolute Gasteiger partial charge is 0.497 e. The minimum Gasteiger partial charge on any atom is -0.497 e. The average Bonchev–Trinajstić information content (AvgIpc) is 2.30. The van der Waals surface area contributed by atoms with E-state index < -0.39 is 0 Å². The lowest BCUT2D eigenvalue weighted by Gasteiger charge is -2.04. The summed E-state index contributed by atoms with van der Waals surface area (Å²) in [6.07, 6.45) is 2.66. The summed E-state index contributed by atoms with van der Waals surface area (Å²) in [5, 5.41) is 12.3. The van der Waals surface area contributed by atoms with E-state index in [0.29, 0.717) is 12.1 Å². The van der Waals surface area contributed by atoms with Gasteiger partial charge < -0.3 is 9.94 Å². The fourth-order valence-corrected chi connectivity index (χ4v) is 1.30. The average molecular weight is 219 g/mol. The van der Waals surface area contributed by atoms with Crippen LogP contribution in [0.25, 0.3) is 0 Å². The lowest BCUT2D eigenvalue weighted by atomic mass is 10.1. The van der Waals surface area contributed by atoms with Gasteiger partial charge >= 0.3 is 0 Å². The standard InChI is InChI=1S/C13H17NO2/c1-10(2)4-9-13(14-15)11-5-7-12(16-3)8-6-11/h4-8,15H,9H2,1-3H3/b14-13-. The van der Waals surface area contributed by atoms with Crippen molar-refractivity contribution in [3.63, 3.8) is 0 Å². The highest BCUT2D eigenvalue weighted by Crippen LogP contribution is 2.13. The molecule has 0 amide bonds. The number of nitrogens with zero attached hydrogens (tertiary/aromatic N) is 1. The van der Waals surface area contributed by atoms with E-state index in [1.165, 1.54) is 5.57 Å². The van der Waals surface area contributed by atoms with Gasteiger partial charge in [0.25, 0.3) is 0 Å². The molecule has 0 heterocycles. The van der Waals surface area contributed by atoms with Gasteiger partial charge in [-0.3, -0.25) is 0 Å². The van der Waals surface area contributed by atoms with Gasteiger partial charge in [0.2, 0.25) is 0 Å². The maximum Gasteiger partial charge on any atom is 0.118 e. The Morgan fingerprint density at radius 2 is 1.94 bits per heavy atom. The molecule has 1 aromatic rings. The number of benzene rings is 1. The maximum atomic E-state index is 8.95. The smallest absolute Gasteiger partial charge is 0.118 e. The summed E-state index contributed by atoms with van der Waals surface area (Å²) in [4.78, 5) is 0. The second-order valence-electron chi connectivity index (χ2n) is 3.76. The predicted molar refractivity (Wildman–Crippen MR) is 65.4 cm³/mol. The first-order valence-corrected chi connectivity index (χ1v) is 5.16. The Bertz CT molecular complexity index is 387. The third-order valence-corrected chi connectivity index (χ3v) is 2.25. The molecule has 16 heavy (non-hydrogen) atoms. The zero-order valence-corrected chi connectivity index (χ0v) is 9.90. The molecule has 86 valence electrons. The first-order chi connectivity index (χ1) is 7.67. The quantitative estimate of drug-likeness (QED) is 0.365. The Hall–Kier alpha value is -1.77. The third kappa shape index (κ3) is 3.42. The second kappa shape index (κ2) is 5.95. The van der Waals surface area contributed by atoms with Crippen molar-refractivity contribution >= 4 is 5.71 Å². The van der Waals surface area contributed by atoms with Crippen LogP contribution in [0, 0.1) is 0 Å². The van der Waals surface area contributed by atoms with Crippen LogP contribution in [-0.4, -0.2) is 18.0 Å². The molecule has 0 radical (unpaired) electrons. The summed E-state index contributed by atoms with van der Waals surface area (Å²) >= 11 is 0. The molecule has 1 aromatic carbocycles. The molecular formula is C13H17NO2. The van der Waals surface area contributed by atoms with Crippen molar-refractivity contribution in [2.24, 2.45) is 5.16 Å². The monoisotopic (exact) mass is 219 g/mol. The number of allylic oxidation sites excluding steroid dienone is 2. The lowest BCUT2D eigenvalue weighted by molar-refractivity contribution is 0.318. The molecule has 0 atom stereocenters. The zero-order valence-electron chi connectivity index (χ0n) is 9.90. The number of ether oxygens (including phenoxy) is 1. The van der Waals surface area contributed by atoms with E-state index >= 15 is 0 Å². The van der Waals surface area contributed by atoms with E-state index in [1.54, 1.807) is 7.11 Å². The zero-order chi connectivity index (χ0) is 12.0. The van der Waals surface area contributed by atoms with E-state index in [9.17, 15) is 0 Å². The van der Waals surface area contributed by atoms with Gasteiger partial charge in [-0.1, -0.05) is 16.8 Å². The van der Waals surface area contributed by atoms with Crippen LogP contribution in [0.1, 0.15) is 25.8 Å². The molecule has 3 heteroatoms. The fraction of sp³-hybridized carbons (Fsp3) is 0.308. The molecule has 0 unspecified atom stereocenters. The molecule has 0 bridgehead atoms.